The van der Waals surface area contributed by atoms with Gasteiger partial charge in [0.2, 0.25) is 0 Å². The molecule has 0 saturated heterocycles. The second-order valence-electron chi connectivity index (χ2n) is 4.29. The Morgan fingerprint density at radius 2 is 1.29 bits per heavy atom. The summed E-state index contributed by atoms with van der Waals surface area (Å²) in [7, 11) is 0. The van der Waals surface area contributed by atoms with E-state index in [0.29, 0.717) is 11.3 Å². The third kappa shape index (κ3) is 2.89. The van der Waals surface area contributed by atoms with Crippen LogP contribution >= 0.6 is 0 Å². The number of rotatable bonds is 4. The van der Waals surface area contributed by atoms with Crippen LogP contribution in [0.15, 0.2) is 42.5 Å². The number of anilines is 1. The first-order valence-corrected chi connectivity index (χ1v) is 5.87. The van der Waals surface area contributed by atoms with Crippen LogP contribution in [0.3, 0.4) is 0 Å². The number of benzene rings is 2. The van der Waals surface area contributed by atoms with E-state index in [1.54, 1.807) is 0 Å². The van der Waals surface area contributed by atoms with Gasteiger partial charge in [0.1, 0.15) is 0 Å². The molecule has 0 radical (unpaired) electrons. The lowest BCUT2D eigenvalue weighted by Crippen LogP contribution is -2.30. The SMILES string of the molecule is Nc1ccc(C(=O)c2ccc(C(=O)[O-])c(C(=O)[O-])c2)cc1. The van der Waals surface area contributed by atoms with Gasteiger partial charge in [-0.3, -0.25) is 4.79 Å². The molecule has 0 atom stereocenters. The average molecular weight is 283 g/mol. The first kappa shape index (κ1) is 14.3. The summed E-state index contributed by atoms with van der Waals surface area (Å²) in [6.07, 6.45) is 0. The smallest absolute Gasteiger partial charge is 0.193 e. The van der Waals surface area contributed by atoms with Crippen LogP contribution in [0, 0.1) is 0 Å². The van der Waals surface area contributed by atoms with Crippen molar-refractivity contribution in [2.75, 3.05) is 5.73 Å². The fourth-order valence-corrected chi connectivity index (χ4v) is 1.83. The first-order chi connectivity index (χ1) is 9.90. The van der Waals surface area contributed by atoms with Gasteiger partial charge in [-0.25, -0.2) is 0 Å². The third-order valence-electron chi connectivity index (χ3n) is 2.89. The van der Waals surface area contributed by atoms with Crippen molar-refractivity contribution in [3.8, 4) is 0 Å². The molecule has 0 unspecified atom stereocenters. The summed E-state index contributed by atoms with van der Waals surface area (Å²) < 4.78 is 0. The molecule has 2 N–H and O–H groups in total. The van der Waals surface area contributed by atoms with Crippen molar-refractivity contribution in [1.82, 2.24) is 0 Å². The quantitative estimate of drug-likeness (QED) is 0.580. The van der Waals surface area contributed by atoms with E-state index in [2.05, 4.69) is 0 Å². The van der Waals surface area contributed by atoms with Gasteiger partial charge in [0.15, 0.2) is 5.78 Å². The monoisotopic (exact) mass is 283 g/mol. The molecule has 0 aromatic heterocycles. The molecule has 6 heteroatoms. The molecule has 6 nitrogen and oxygen atoms in total. The van der Waals surface area contributed by atoms with E-state index in [0.717, 1.165) is 12.1 Å². The van der Waals surface area contributed by atoms with Crippen LogP contribution in [0.25, 0.3) is 0 Å². The molecular formula is C15H9NO5-2. The standard InChI is InChI=1S/C15H11NO5/c16-10-4-1-8(2-5-10)13(17)9-3-6-11(14(18)19)12(7-9)15(20)21/h1-7H,16H2,(H,18,19)(H,20,21)/p-2. The number of carbonyl (C=O) groups excluding carboxylic acids is 3. The Morgan fingerprint density at radius 1 is 0.762 bits per heavy atom. The van der Waals surface area contributed by atoms with Gasteiger partial charge in [0.25, 0.3) is 0 Å². The van der Waals surface area contributed by atoms with Crippen molar-refractivity contribution in [2.24, 2.45) is 0 Å². The van der Waals surface area contributed by atoms with Gasteiger partial charge in [0, 0.05) is 27.9 Å². The Hall–Kier alpha value is -3.15. The first-order valence-electron chi connectivity index (χ1n) is 5.87. The van der Waals surface area contributed by atoms with Crippen molar-refractivity contribution in [3.63, 3.8) is 0 Å². The molecule has 21 heavy (non-hydrogen) atoms. The second-order valence-corrected chi connectivity index (χ2v) is 4.29. The maximum absolute atomic E-state index is 12.2. The summed E-state index contributed by atoms with van der Waals surface area (Å²) in [4.78, 5) is 34.0. The average Bonchev–Trinajstić information content (AvgIpc) is 2.46. The van der Waals surface area contributed by atoms with Gasteiger partial charge >= 0.3 is 0 Å². The minimum absolute atomic E-state index is 0.0315. The lowest BCUT2D eigenvalue weighted by molar-refractivity contribution is -0.259. The highest BCUT2D eigenvalue weighted by atomic mass is 16.4. The van der Waals surface area contributed by atoms with E-state index in [-0.39, 0.29) is 5.56 Å². The summed E-state index contributed by atoms with van der Waals surface area (Å²) in [5.74, 6) is -3.80. The number of hydrogen-bond acceptors (Lipinski definition) is 6. The number of carbonyl (C=O) groups is 3. The molecule has 0 saturated carbocycles. The van der Waals surface area contributed by atoms with E-state index in [1.807, 2.05) is 0 Å². The molecule has 0 heterocycles. The highest BCUT2D eigenvalue weighted by molar-refractivity contribution is 6.11. The molecule has 2 rings (SSSR count). The maximum Gasteiger partial charge on any atom is 0.193 e. The van der Waals surface area contributed by atoms with Crippen LogP contribution in [0.1, 0.15) is 36.6 Å². The van der Waals surface area contributed by atoms with Crippen LogP contribution < -0.4 is 15.9 Å². The van der Waals surface area contributed by atoms with Crippen molar-refractivity contribution >= 4 is 23.4 Å². The lowest BCUT2D eigenvalue weighted by Gasteiger charge is -2.13. The number of aromatic carboxylic acids is 2. The number of hydrogen-bond donors (Lipinski definition) is 1. The molecule has 0 bridgehead atoms. The molecule has 0 fully saturated rings. The summed E-state index contributed by atoms with van der Waals surface area (Å²) in [5, 5.41) is 21.8. The molecule has 2 aromatic rings. The fraction of sp³-hybridized carbons (Fsp3) is 0. The number of carboxylic acid groups (broad SMARTS) is 2. The highest BCUT2D eigenvalue weighted by Gasteiger charge is 2.13. The molecular weight excluding hydrogens is 274 g/mol. The summed E-state index contributed by atoms with van der Waals surface area (Å²) in [6, 6.07) is 9.22. The number of nitrogen functional groups attached to an aromatic ring is 1. The number of ketones is 1. The molecule has 0 aliphatic rings. The van der Waals surface area contributed by atoms with Gasteiger partial charge < -0.3 is 25.5 Å². The highest BCUT2D eigenvalue weighted by Crippen LogP contribution is 2.16. The summed E-state index contributed by atoms with van der Waals surface area (Å²) in [6.45, 7) is 0. The minimum atomic E-state index is -1.69. The van der Waals surface area contributed by atoms with Crippen molar-refractivity contribution in [3.05, 3.63) is 64.7 Å². The molecule has 0 aliphatic carbocycles. The van der Waals surface area contributed by atoms with Gasteiger partial charge in [-0.15, -0.1) is 0 Å². The van der Waals surface area contributed by atoms with Gasteiger partial charge in [0.05, 0.1) is 11.9 Å². The zero-order chi connectivity index (χ0) is 15.6. The van der Waals surface area contributed by atoms with Crippen molar-refractivity contribution < 1.29 is 24.6 Å². The minimum Gasteiger partial charge on any atom is -0.545 e. The third-order valence-corrected chi connectivity index (χ3v) is 2.89. The Morgan fingerprint density at radius 3 is 1.81 bits per heavy atom. The van der Waals surface area contributed by atoms with E-state index < -0.39 is 28.8 Å². The van der Waals surface area contributed by atoms with E-state index in [1.165, 1.54) is 30.3 Å². The molecule has 106 valence electrons. The predicted molar refractivity (Wildman–Crippen MR) is 69.4 cm³/mol. The van der Waals surface area contributed by atoms with Crippen LogP contribution in [0.5, 0.6) is 0 Å². The molecule has 0 aliphatic heterocycles. The van der Waals surface area contributed by atoms with Gasteiger partial charge in [-0.2, -0.15) is 0 Å². The Balaban J connectivity index is 2.47. The summed E-state index contributed by atoms with van der Waals surface area (Å²) in [5.41, 5.74) is 5.19. The Bertz CT molecular complexity index is 734. The molecule has 2 aromatic carbocycles. The van der Waals surface area contributed by atoms with Gasteiger partial charge in [-0.05, 0) is 30.3 Å². The summed E-state index contributed by atoms with van der Waals surface area (Å²) >= 11 is 0. The van der Waals surface area contributed by atoms with Crippen molar-refractivity contribution in [1.29, 1.82) is 0 Å². The van der Waals surface area contributed by atoms with Crippen LogP contribution in [-0.2, 0) is 0 Å². The van der Waals surface area contributed by atoms with E-state index in [9.17, 15) is 24.6 Å². The number of carboxylic acids is 2. The Labute approximate surface area is 119 Å². The molecule has 0 amide bonds. The van der Waals surface area contributed by atoms with Crippen molar-refractivity contribution in [2.45, 2.75) is 0 Å². The van der Waals surface area contributed by atoms with Crippen LogP contribution in [0.2, 0.25) is 0 Å². The Kier molecular flexibility index (Phi) is 3.71. The van der Waals surface area contributed by atoms with E-state index >= 15 is 0 Å². The van der Waals surface area contributed by atoms with Crippen LogP contribution in [-0.4, -0.2) is 17.7 Å². The zero-order valence-corrected chi connectivity index (χ0v) is 10.7. The molecule has 0 spiro atoms. The normalized spacial score (nSPS) is 10.1. The number of nitrogens with two attached hydrogens (primary N) is 1. The van der Waals surface area contributed by atoms with Crippen LogP contribution in [0.4, 0.5) is 5.69 Å². The topological polar surface area (TPSA) is 123 Å². The zero-order valence-electron chi connectivity index (χ0n) is 10.7. The van der Waals surface area contributed by atoms with E-state index in [4.69, 9.17) is 5.73 Å². The lowest BCUT2D eigenvalue weighted by atomic mass is 9.98. The second kappa shape index (κ2) is 5.46. The predicted octanol–water partition coefficient (Wildman–Crippen LogP) is -0.773. The van der Waals surface area contributed by atoms with Gasteiger partial charge in [-0.1, -0.05) is 12.1 Å². The maximum atomic E-state index is 12.2. The largest absolute Gasteiger partial charge is 0.545 e. The fourth-order valence-electron chi connectivity index (χ4n) is 1.83.